The van der Waals surface area contributed by atoms with E-state index in [9.17, 15) is 8.78 Å². The molecule has 1 aromatic carbocycles. The fourth-order valence-corrected chi connectivity index (χ4v) is 1.97. The Hall–Kier alpha value is -0.960. The minimum atomic E-state index is -0.473. The summed E-state index contributed by atoms with van der Waals surface area (Å²) in [6.45, 7) is 4.43. The zero-order chi connectivity index (χ0) is 11.8. The lowest BCUT2D eigenvalue weighted by atomic mass is 9.98. The van der Waals surface area contributed by atoms with Crippen LogP contribution >= 0.6 is 0 Å². The predicted octanol–water partition coefficient (Wildman–Crippen LogP) is 3.24. The van der Waals surface area contributed by atoms with Gasteiger partial charge in [0.2, 0.25) is 0 Å². The summed E-state index contributed by atoms with van der Waals surface area (Å²) in [6.07, 6.45) is 2.42. The lowest BCUT2D eigenvalue weighted by Gasteiger charge is -2.26. The zero-order valence-electron chi connectivity index (χ0n) is 9.69. The maximum Gasteiger partial charge on any atom is 0.130 e. The molecule has 1 nitrogen and oxygen atoms in total. The maximum absolute atomic E-state index is 13.4. The number of rotatable bonds is 4. The van der Waals surface area contributed by atoms with Crippen LogP contribution in [0.1, 0.15) is 32.3 Å². The Bertz CT molecular complexity index is 363. The number of hydrogen-bond donors (Lipinski definition) is 1. The van der Waals surface area contributed by atoms with E-state index in [1.54, 1.807) is 0 Å². The van der Waals surface area contributed by atoms with E-state index >= 15 is 0 Å². The van der Waals surface area contributed by atoms with Gasteiger partial charge >= 0.3 is 0 Å². The van der Waals surface area contributed by atoms with Crippen molar-refractivity contribution in [3.8, 4) is 0 Å². The Morgan fingerprint density at radius 2 is 1.81 bits per heavy atom. The lowest BCUT2D eigenvalue weighted by molar-refractivity contribution is 0.333. The van der Waals surface area contributed by atoms with Gasteiger partial charge in [0.25, 0.3) is 0 Å². The van der Waals surface area contributed by atoms with Crippen LogP contribution in [0.15, 0.2) is 18.2 Å². The first kappa shape index (κ1) is 11.5. The standard InChI is InChI=1S/C13H17F2N/c1-13(2,9-6-7-9)16-8-10-11(14)4-3-5-12(10)15/h3-5,9,16H,6-8H2,1-2H3. The number of benzene rings is 1. The van der Waals surface area contributed by atoms with Crippen LogP contribution < -0.4 is 5.32 Å². The minimum Gasteiger partial charge on any atom is -0.307 e. The molecule has 1 saturated carbocycles. The molecule has 1 fully saturated rings. The molecule has 0 aromatic heterocycles. The molecule has 1 N–H and O–H groups in total. The molecule has 1 aliphatic rings. The van der Waals surface area contributed by atoms with E-state index in [1.807, 2.05) is 0 Å². The van der Waals surface area contributed by atoms with Crippen molar-refractivity contribution in [3.05, 3.63) is 35.4 Å². The first-order chi connectivity index (χ1) is 7.50. The highest BCUT2D eigenvalue weighted by Crippen LogP contribution is 2.39. The Morgan fingerprint density at radius 1 is 1.25 bits per heavy atom. The molecule has 0 unspecified atom stereocenters. The van der Waals surface area contributed by atoms with Gasteiger partial charge in [0.05, 0.1) is 0 Å². The van der Waals surface area contributed by atoms with Crippen LogP contribution in [0.5, 0.6) is 0 Å². The summed E-state index contributed by atoms with van der Waals surface area (Å²) < 4.78 is 26.7. The van der Waals surface area contributed by atoms with Gasteiger partial charge in [0.15, 0.2) is 0 Å². The summed E-state index contributed by atoms with van der Waals surface area (Å²) in [4.78, 5) is 0. The fraction of sp³-hybridized carbons (Fsp3) is 0.538. The highest BCUT2D eigenvalue weighted by molar-refractivity contribution is 5.19. The highest BCUT2D eigenvalue weighted by Gasteiger charge is 2.37. The van der Waals surface area contributed by atoms with E-state index < -0.39 is 11.6 Å². The smallest absolute Gasteiger partial charge is 0.130 e. The molecule has 3 heteroatoms. The van der Waals surface area contributed by atoms with Crippen LogP contribution in [-0.4, -0.2) is 5.54 Å². The van der Waals surface area contributed by atoms with Crippen LogP contribution in [0.4, 0.5) is 8.78 Å². The summed E-state index contributed by atoms with van der Waals surface area (Å²) in [6, 6.07) is 3.98. The van der Waals surface area contributed by atoms with Crippen LogP contribution in [0.3, 0.4) is 0 Å². The third kappa shape index (κ3) is 2.40. The van der Waals surface area contributed by atoms with Gasteiger partial charge < -0.3 is 5.32 Å². The maximum atomic E-state index is 13.4. The Kier molecular flexibility index (Phi) is 2.98. The molecular weight excluding hydrogens is 208 g/mol. The SMILES string of the molecule is CC(C)(NCc1c(F)cccc1F)C1CC1. The third-order valence-corrected chi connectivity index (χ3v) is 3.38. The van der Waals surface area contributed by atoms with E-state index in [0.717, 1.165) is 0 Å². The van der Waals surface area contributed by atoms with E-state index in [-0.39, 0.29) is 17.6 Å². The molecule has 0 heterocycles. The fourth-order valence-electron chi connectivity index (χ4n) is 1.97. The molecule has 2 rings (SSSR count). The second-order valence-corrected chi connectivity index (χ2v) is 5.05. The van der Waals surface area contributed by atoms with Gasteiger partial charge in [-0.3, -0.25) is 0 Å². The molecule has 0 saturated heterocycles. The van der Waals surface area contributed by atoms with E-state index in [0.29, 0.717) is 5.92 Å². The zero-order valence-corrected chi connectivity index (χ0v) is 9.69. The molecule has 0 amide bonds. The summed E-state index contributed by atoms with van der Waals surface area (Å²) in [5, 5.41) is 3.24. The molecule has 1 aliphatic carbocycles. The van der Waals surface area contributed by atoms with Crippen molar-refractivity contribution in [1.29, 1.82) is 0 Å². The molecule has 0 radical (unpaired) electrons. The summed E-state index contributed by atoms with van der Waals surface area (Å²) in [5.41, 5.74) is 0.102. The third-order valence-electron chi connectivity index (χ3n) is 3.38. The van der Waals surface area contributed by atoms with Crippen LogP contribution in [-0.2, 0) is 6.54 Å². The average molecular weight is 225 g/mol. The molecule has 0 spiro atoms. The van der Waals surface area contributed by atoms with Crippen LogP contribution in [0, 0.1) is 17.6 Å². The summed E-state index contributed by atoms with van der Waals surface area (Å²) >= 11 is 0. The molecule has 0 atom stereocenters. The van der Waals surface area contributed by atoms with Crippen molar-refractivity contribution in [1.82, 2.24) is 5.32 Å². The first-order valence-corrected chi connectivity index (χ1v) is 5.68. The molecule has 0 bridgehead atoms. The Morgan fingerprint density at radius 3 is 2.31 bits per heavy atom. The predicted molar refractivity (Wildman–Crippen MR) is 60.0 cm³/mol. The van der Waals surface area contributed by atoms with Gasteiger partial charge in [-0.15, -0.1) is 0 Å². The number of halogens is 2. The highest BCUT2D eigenvalue weighted by atomic mass is 19.1. The topological polar surface area (TPSA) is 12.0 Å². The van der Waals surface area contributed by atoms with Gasteiger partial charge in [-0.05, 0) is 44.7 Å². The molecule has 1 aromatic rings. The van der Waals surface area contributed by atoms with Crippen molar-refractivity contribution in [2.75, 3.05) is 0 Å². The number of nitrogens with one attached hydrogen (secondary N) is 1. The second kappa shape index (κ2) is 4.13. The van der Waals surface area contributed by atoms with Crippen molar-refractivity contribution in [2.24, 2.45) is 5.92 Å². The van der Waals surface area contributed by atoms with Gasteiger partial charge in [0.1, 0.15) is 11.6 Å². The van der Waals surface area contributed by atoms with Crippen molar-refractivity contribution >= 4 is 0 Å². The van der Waals surface area contributed by atoms with Crippen molar-refractivity contribution in [2.45, 2.75) is 38.8 Å². The Labute approximate surface area is 94.9 Å². The molecule has 0 aliphatic heterocycles. The average Bonchev–Trinajstić information content (AvgIpc) is 2.99. The van der Waals surface area contributed by atoms with Gasteiger partial charge in [-0.2, -0.15) is 0 Å². The van der Waals surface area contributed by atoms with E-state index in [1.165, 1.54) is 31.0 Å². The molecule has 16 heavy (non-hydrogen) atoms. The lowest BCUT2D eigenvalue weighted by Crippen LogP contribution is -2.41. The second-order valence-electron chi connectivity index (χ2n) is 5.05. The first-order valence-electron chi connectivity index (χ1n) is 5.68. The minimum absolute atomic E-state index is 0.0330. The van der Waals surface area contributed by atoms with E-state index in [4.69, 9.17) is 0 Å². The molecular formula is C13H17F2N. The van der Waals surface area contributed by atoms with Crippen LogP contribution in [0.2, 0.25) is 0 Å². The number of hydrogen-bond acceptors (Lipinski definition) is 1. The quantitative estimate of drug-likeness (QED) is 0.829. The van der Waals surface area contributed by atoms with Crippen molar-refractivity contribution in [3.63, 3.8) is 0 Å². The van der Waals surface area contributed by atoms with Crippen LogP contribution in [0.25, 0.3) is 0 Å². The monoisotopic (exact) mass is 225 g/mol. The van der Waals surface area contributed by atoms with E-state index in [2.05, 4.69) is 19.2 Å². The largest absolute Gasteiger partial charge is 0.307 e. The van der Waals surface area contributed by atoms with Gasteiger partial charge in [0, 0.05) is 17.6 Å². The van der Waals surface area contributed by atoms with Gasteiger partial charge in [-0.25, -0.2) is 8.78 Å². The van der Waals surface area contributed by atoms with Crippen molar-refractivity contribution < 1.29 is 8.78 Å². The van der Waals surface area contributed by atoms with Gasteiger partial charge in [-0.1, -0.05) is 6.07 Å². The Balaban J connectivity index is 2.04. The molecule has 88 valence electrons. The summed E-state index contributed by atoms with van der Waals surface area (Å²) in [7, 11) is 0. The summed E-state index contributed by atoms with van der Waals surface area (Å²) in [5.74, 6) is -0.305. The normalized spacial score (nSPS) is 16.5.